The van der Waals surface area contributed by atoms with Gasteiger partial charge in [0.25, 0.3) is 10.0 Å². The lowest BCUT2D eigenvalue weighted by molar-refractivity contribution is -0.111. The Morgan fingerprint density at radius 1 is 1.14 bits per heavy atom. The van der Waals surface area contributed by atoms with Crippen LogP contribution in [0.4, 0.5) is 0 Å². The number of carbonyl (C=O) groups is 1. The van der Waals surface area contributed by atoms with Gasteiger partial charge in [-0.3, -0.25) is 4.79 Å². The van der Waals surface area contributed by atoms with Gasteiger partial charge in [0.05, 0.1) is 8.48 Å². The largest absolute Gasteiger partial charge is 0.288 e. The van der Waals surface area contributed by atoms with Crippen LogP contribution >= 0.6 is 45.2 Å². The smallest absolute Gasteiger partial charge is 0.277 e. The van der Waals surface area contributed by atoms with Gasteiger partial charge in [-0.15, -0.1) is 0 Å². The Balaban J connectivity index is 2.37. The average molecular weight is 542 g/mol. The summed E-state index contributed by atoms with van der Waals surface area (Å²) >= 11 is 3.97. The SMILES string of the molecule is Cc1ccc(S(=O)(=O)N(N)C=C2C=C(I)C=C(I)C2=O)cc1. The first kappa shape index (κ1) is 17.6. The molecule has 116 valence electrons. The van der Waals surface area contributed by atoms with Crippen molar-refractivity contribution in [2.75, 3.05) is 0 Å². The third kappa shape index (κ3) is 3.78. The number of carbonyl (C=O) groups excluding carboxylic acids is 1. The molecule has 0 saturated heterocycles. The molecule has 0 atom stereocenters. The van der Waals surface area contributed by atoms with E-state index in [1.54, 1.807) is 24.3 Å². The van der Waals surface area contributed by atoms with E-state index in [2.05, 4.69) is 22.6 Å². The monoisotopic (exact) mass is 542 g/mol. The Labute approximate surface area is 156 Å². The van der Waals surface area contributed by atoms with Gasteiger partial charge in [-0.05, 0) is 76.4 Å². The maximum atomic E-state index is 12.4. The van der Waals surface area contributed by atoms with Crippen molar-refractivity contribution < 1.29 is 13.2 Å². The van der Waals surface area contributed by atoms with Gasteiger partial charge in [0, 0.05) is 15.4 Å². The highest BCUT2D eigenvalue weighted by Crippen LogP contribution is 2.27. The van der Waals surface area contributed by atoms with Crippen molar-refractivity contribution in [1.29, 1.82) is 0 Å². The van der Waals surface area contributed by atoms with Crippen molar-refractivity contribution in [3.05, 3.63) is 60.9 Å². The minimum atomic E-state index is -3.88. The summed E-state index contributed by atoms with van der Waals surface area (Å²) in [5, 5.41) is 0. The molecular weight excluding hydrogens is 530 g/mol. The van der Waals surface area contributed by atoms with Crippen molar-refractivity contribution in [2.24, 2.45) is 5.84 Å². The molecule has 1 aliphatic rings. The number of nitrogens with two attached hydrogens (primary N) is 1. The van der Waals surface area contributed by atoms with Crippen LogP contribution in [0, 0.1) is 6.92 Å². The topological polar surface area (TPSA) is 80.5 Å². The first-order chi connectivity index (χ1) is 10.2. The summed E-state index contributed by atoms with van der Waals surface area (Å²) in [6.45, 7) is 1.86. The molecule has 0 aliphatic heterocycles. The number of Topliss-reactive ketones (excluding diaryl/α,β-unsaturated/α-hetero) is 1. The summed E-state index contributed by atoms with van der Waals surface area (Å²) in [6, 6.07) is 6.34. The number of allylic oxidation sites excluding steroid dienone is 5. The Morgan fingerprint density at radius 3 is 2.32 bits per heavy atom. The van der Waals surface area contributed by atoms with Crippen molar-refractivity contribution in [1.82, 2.24) is 4.41 Å². The van der Waals surface area contributed by atoms with E-state index >= 15 is 0 Å². The van der Waals surface area contributed by atoms with E-state index < -0.39 is 10.0 Å². The minimum Gasteiger partial charge on any atom is -0.288 e. The van der Waals surface area contributed by atoms with Crippen molar-refractivity contribution >= 4 is 61.0 Å². The summed E-state index contributed by atoms with van der Waals surface area (Å²) in [7, 11) is -3.88. The van der Waals surface area contributed by atoms with E-state index in [4.69, 9.17) is 5.84 Å². The van der Waals surface area contributed by atoms with Gasteiger partial charge in [0.15, 0.2) is 0 Å². The maximum Gasteiger partial charge on any atom is 0.277 e. The highest BCUT2D eigenvalue weighted by Gasteiger charge is 2.22. The number of halogens is 2. The Morgan fingerprint density at radius 2 is 1.73 bits per heavy atom. The second-order valence-electron chi connectivity index (χ2n) is 4.58. The zero-order valence-electron chi connectivity index (χ0n) is 11.5. The molecule has 0 fully saturated rings. The van der Waals surface area contributed by atoms with Crippen LogP contribution in [-0.2, 0) is 14.8 Å². The third-order valence-electron chi connectivity index (χ3n) is 2.90. The number of hydrogen-bond acceptors (Lipinski definition) is 4. The Hall–Kier alpha value is -0.720. The van der Waals surface area contributed by atoms with Crippen LogP contribution < -0.4 is 5.84 Å². The number of nitrogens with zero attached hydrogens (tertiary/aromatic N) is 1. The normalized spacial score (nSPS) is 17.3. The second kappa shape index (κ2) is 6.81. The molecule has 0 bridgehead atoms. The second-order valence-corrected chi connectivity index (χ2v) is 8.83. The van der Waals surface area contributed by atoms with Crippen LogP contribution in [0.5, 0.6) is 0 Å². The molecule has 0 heterocycles. The first-order valence-corrected chi connectivity index (χ1v) is 9.68. The number of hydrogen-bond donors (Lipinski definition) is 1. The number of rotatable bonds is 3. The van der Waals surface area contributed by atoms with Gasteiger partial charge in [-0.25, -0.2) is 10.3 Å². The molecule has 5 nitrogen and oxygen atoms in total. The van der Waals surface area contributed by atoms with Crippen molar-refractivity contribution in [3.8, 4) is 0 Å². The predicted octanol–water partition coefficient (Wildman–Crippen LogP) is 2.96. The lowest BCUT2D eigenvalue weighted by Gasteiger charge is -2.17. The van der Waals surface area contributed by atoms with E-state index in [1.807, 2.05) is 29.5 Å². The third-order valence-corrected chi connectivity index (χ3v) is 5.85. The summed E-state index contributed by atoms with van der Waals surface area (Å²) in [4.78, 5) is 12.1. The number of aryl methyl sites for hydroxylation is 1. The van der Waals surface area contributed by atoms with Crippen LogP contribution in [0.2, 0.25) is 0 Å². The molecule has 0 saturated carbocycles. The Bertz CT molecular complexity index is 809. The molecule has 1 aromatic carbocycles. The summed E-state index contributed by atoms with van der Waals surface area (Å²) in [5.41, 5.74) is 1.18. The zero-order chi connectivity index (χ0) is 16.5. The highest BCUT2D eigenvalue weighted by atomic mass is 127. The summed E-state index contributed by atoms with van der Waals surface area (Å²) < 4.78 is 26.7. The Kier molecular flexibility index (Phi) is 5.45. The van der Waals surface area contributed by atoms with Gasteiger partial charge >= 0.3 is 0 Å². The van der Waals surface area contributed by atoms with Crippen LogP contribution in [0.3, 0.4) is 0 Å². The fraction of sp³-hybridized carbons (Fsp3) is 0.0714. The lowest BCUT2D eigenvalue weighted by Crippen LogP contribution is -2.33. The molecule has 0 spiro atoms. The van der Waals surface area contributed by atoms with Gasteiger partial charge in [0.1, 0.15) is 0 Å². The molecule has 2 rings (SSSR count). The van der Waals surface area contributed by atoms with E-state index in [9.17, 15) is 13.2 Å². The quantitative estimate of drug-likeness (QED) is 0.276. The molecule has 0 aromatic heterocycles. The number of hydrazine groups is 1. The summed E-state index contributed by atoms with van der Waals surface area (Å²) in [5.74, 6) is 5.41. The zero-order valence-corrected chi connectivity index (χ0v) is 16.6. The van der Waals surface area contributed by atoms with Crippen LogP contribution in [-0.4, -0.2) is 18.6 Å². The molecule has 0 amide bonds. The van der Waals surface area contributed by atoms with E-state index in [1.165, 1.54) is 12.1 Å². The van der Waals surface area contributed by atoms with Gasteiger partial charge in [0.2, 0.25) is 5.78 Å². The fourth-order valence-corrected chi connectivity index (χ4v) is 4.58. The van der Waals surface area contributed by atoms with Gasteiger partial charge in [-0.1, -0.05) is 17.7 Å². The molecular formula is C14H12I2N2O3S. The van der Waals surface area contributed by atoms with E-state index in [0.717, 1.165) is 15.3 Å². The van der Waals surface area contributed by atoms with Crippen LogP contribution in [0.15, 0.2) is 60.2 Å². The molecule has 22 heavy (non-hydrogen) atoms. The number of ketones is 1. The predicted molar refractivity (Wildman–Crippen MR) is 102 cm³/mol. The van der Waals surface area contributed by atoms with Gasteiger partial charge in [-0.2, -0.15) is 8.42 Å². The van der Waals surface area contributed by atoms with E-state index in [-0.39, 0.29) is 16.3 Å². The molecule has 0 radical (unpaired) electrons. The highest BCUT2D eigenvalue weighted by molar-refractivity contribution is 14.1. The molecule has 2 N–H and O–H groups in total. The van der Waals surface area contributed by atoms with Gasteiger partial charge < -0.3 is 0 Å². The lowest BCUT2D eigenvalue weighted by atomic mass is 10.1. The molecule has 0 unspecified atom stereocenters. The molecule has 8 heteroatoms. The minimum absolute atomic E-state index is 0.0737. The average Bonchev–Trinajstić information content (AvgIpc) is 2.44. The molecule has 1 aromatic rings. The fourth-order valence-electron chi connectivity index (χ4n) is 1.71. The number of sulfonamides is 1. The van der Waals surface area contributed by atoms with E-state index in [0.29, 0.717) is 7.99 Å². The van der Waals surface area contributed by atoms with Crippen molar-refractivity contribution in [3.63, 3.8) is 0 Å². The number of benzene rings is 1. The van der Waals surface area contributed by atoms with Crippen molar-refractivity contribution in [2.45, 2.75) is 11.8 Å². The standard InChI is InChI=1S/C14H12I2N2O3S/c1-9-2-4-12(5-3-9)22(20,21)18(17)8-10-6-11(15)7-13(16)14(10)19/h2-8H,17H2,1H3. The molecule has 1 aliphatic carbocycles. The summed E-state index contributed by atoms with van der Waals surface area (Å²) in [6.07, 6.45) is 4.45. The first-order valence-electron chi connectivity index (χ1n) is 6.08. The maximum absolute atomic E-state index is 12.4. The van der Waals surface area contributed by atoms with Crippen LogP contribution in [0.1, 0.15) is 5.56 Å². The van der Waals surface area contributed by atoms with Crippen LogP contribution in [0.25, 0.3) is 0 Å².